The number of halogens is 1. The summed E-state index contributed by atoms with van der Waals surface area (Å²) in [6.45, 7) is 3.06. The Hall–Kier alpha value is -1.32. The van der Waals surface area contributed by atoms with Gasteiger partial charge in [-0.05, 0) is 48.7 Å². The first-order chi connectivity index (χ1) is 9.56. The number of hydrogen-bond donors (Lipinski definition) is 1. The largest absolute Gasteiger partial charge is 0.375 e. The Morgan fingerprint density at radius 1 is 1.15 bits per heavy atom. The minimum absolute atomic E-state index is 0.0790. The highest BCUT2D eigenvalue weighted by Crippen LogP contribution is 2.20. The van der Waals surface area contributed by atoms with Gasteiger partial charge in [-0.15, -0.1) is 0 Å². The van der Waals surface area contributed by atoms with Gasteiger partial charge in [0.2, 0.25) is 0 Å². The van der Waals surface area contributed by atoms with Crippen molar-refractivity contribution in [1.29, 1.82) is 0 Å². The molecule has 0 heterocycles. The van der Waals surface area contributed by atoms with Crippen molar-refractivity contribution in [3.8, 4) is 0 Å². The molecule has 0 saturated carbocycles. The van der Waals surface area contributed by atoms with Gasteiger partial charge in [0.05, 0.1) is 0 Å². The third-order valence-corrected chi connectivity index (χ3v) is 4.04. The molecule has 0 amide bonds. The molecule has 1 atom stereocenters. The highest BCUT2D eigenvalue weighted by molar-refractivity contribution is 9.10. The molecule has 0 bridgehead atoms. The molecular formula is C17H21BrN2. The Kier molecular flexibility index (Phi) is 5.21. The van der Waals surface area contributed by atoms with Crippen molar-refractivity contribution in [2.24, 2.45) is 5.73 Å². The van der Waals surface area contributed by atoms with E-state index in [2.05, 4.69) is 71.2 Å². The molecule has 3 heteroatoms. The van der Waals surface area contributed by atoms with Gasteiger partial charge in [-0.3, -0.25) is 0 Å². The summed E-state index contributed by atoms with van der Waals surface area (Å²) in [5.74, 6) is 0. The Morgan fingerprint density at radius 2 is 1.85 bits per heavy atom. The molecule has 2 nitrogen and oxygen atoms in total. The van der Waals surface area contributed by atoms with Gasteiger partial charge in [0, 0.05) is 29.8 Å². The van der Waals surface area contributed by atoms with Crippen molar-refractivity contribution >= 4 is 21.6 Å². The van der Waals surface area contributed by atoms with Crippen LogP contribution in [0.15, 0.2) is 53.0 Å². The summed E-state index contributed by atoms with van der Waals surface area (Å²) < 4.78 is 1.09. The third-order valence-electron chi connectivity index (χ3n) is 3.52. The molecule has 2 aromatic rings. The average Bonchev–Trinajstić information content (AvgIpc) is 2.45. The van der Waals surface area contributed by atoms with Crippen molar-refractivity contribution in [3.63, 3.8) is 0 Å². The fraction of sp³-hybridized carbons (Fsp3) is 0.294. The number of nitrogens with two attached hydrogens (primary N) is 1. The molecule has 106 valence electrons. The summed E-state index contributed by atoms with van der Waals surface area (Å²) in [6, 6.07) is 16.9. The van der Waals surface area contributed by atoms with E-state index in [4.69, 9.17) is 5.73 Å². The molecule has 0 aromatic heterocycles. The summed E-state index contributed by atoms with van der Waals surface area (Å²) >= 11 is 3.45. The van der Waals surface area contributed by atoms with E-state index in [0.29, 0.717) is 0 Å². The maximum absolute atomic E-state index is 6.26. The number of anilines is 1. The van der Waals surface area contributed by atoms with E-state index in [1.54, 1.807) is 0 Å². The highest BCUT2D eigenvalue weighted by atomic mass is 79.9. The lowest BCUT2D eigenvalue weighted by atomic mass is 10.0. The highest BCUT2D eigenvalue weighted by Gasteiger charge is 2.08. The SMILES string of the molecule is Cc1cccc(N(C)CCC(N)c2ccc(Br)cc2)c1. The molecule has 0 aliphatic carbocycles. The zero-order chi connectivity index (χ0) is 14.5. The van der Waals surface area contributed by atoms with Gasteiger partial charge < -0.3 is 10.6 Å². The van der Waals surface area contributed by atoms with Crippen molar-refractivity contribution in [3.05, 3.63) is 64.1 Å². The Bertz CT molecular complexity index is 551. The van der Waals surface area contributed by atoms with Crippen molar-refractivity contribution in [1.82, 2.24) is 0 Å². The minimum atomic E-state index is 0.0790. The van der Waals surface area contributed by atoms with Crippen LogP contribution in [0.3, 0.4) is 0 Å². The molecule has 0 spiro atoms. The molecular weight excluding hydrogens is 312 g/mol. The summed E-state index contributed by atoms with van der Waals surface area (Å²) in [6.07, 6.45) is 0.937. The fourth-order valence-electron chi connectivity index (χ4n) is 2.20. The number of nitrogens with zero attached hydrogens (tertiary/aromatic N) is 1. The lowest BCUT2D eigenvalue weighted by Crippen LogP contribution is -2.23. The molecule has 2 rings (SSSR count). The van der Waals surface area contributed by atoms with E-state index < -0.39 is 0 Å². The molecule has 20 heavy (non-hydrogen) atoms. The Morgan fingerprint density at radius 3 is 2.50 bits per heavy atom. The van der Waals surface area contributed by atoms with E-state index in [0.717, 1.165) is 17.4 Å². The van der Waals surface area contributed by atoms with Crippen LogP contribution in [0, 0.1) is 6.92 Å². The standard InChI is InChI=1S/C17H21BrN2/c1-13-4-3-5-16(12-13)20(2)11-10-17(19)14-6-8-15(18)9-7-14/h3-9,12,17H,10-11,19H2,1-2H3. The van der Waals surface area contributed by atoms with Crippen LogP contribution in [0.25, 0.3) is 0 Å². The van der Waals surface area contributed by atoms with Gasteiger partial charge in [-0.1, -0.05) is 40.2 Å². The van der Waals surface area contributed by atoms with Crippen LogP contribution in [0.5, 0.6) is 0 Å². The zero-order valence-corrected chi connectivity index (χ0v) is 13.6. The van der Waals surface area contributed by atoms with Gasteiger partial charge in [-0.25, -0.2) is 0 Å². The van der Waals surface area contributed by atoms with Crippen LogP contribution in [0.2, 0.25) is 0 Å². The number of rotatable bonds is 5. The molecule has 2 aromatic carbocycles. The first kappa shape index (κ1) is 15.1. The summed E-state index contributed by atoms with van der Waals surface area (Å²) in [7, 11) is 2.11. The average molecular weight is 333 g/mol. The smallest absolute Gasteiger partial charge is 0.0366 e. The molecule has 0 aliphatic rings. The lowest BCUT2D eigenvalue weighted by Gasteiger charge is -2.22. The van der Waals surface area contributed by atoms with E-state index in [9.17, 15) is 0 Å². The normalized spacial score (nSPS) is 12.2. The maximum atomic E-state index is 6.26. The van der Waals surface area contributed by atoms with Crippen molar-refractivity contribution in [2.75, 3.05) is 18.5 Å². The fourth-order valence-corrected chi connectivity index (χ4v) is 2.47. The monoisotopic (exact) mass is 332 g/mol. The maximum Gasteiger partial charge on any atom is 0.0366 e. The van der Waals surface area contributed by atoms with Crippen molar-refractivity contribution in [2.45, 2.75) is 19.4 Å². The van der Waals surface area contributed by atoms with Crippen LogP contribution < -0.4 is 10.6 Å². The summed E-state index contributed by atoms with van der Waals surface area (Å²) in [5, 5.41) is 0. The Balaban J connectivity index is 1.93. The summed E-state index contributed by atoms with van der Waals surface area (Å²) in [4.78, 5) is 2.26. The van der Waals surface area contributed by atoms with Crippen LogP contribution in [-0.2, 0) is 0 Å². The van der Waals surface area contributed by atoms with E-state index >= 15 is 0 Å². The molecule has 2 N–H and O–H groups in total. The third kappa shape index (κ3) is 4.09. The zero-order valence-electron chi connectivity index (χ0n) is 12.0. The van der Waals surface area contributed by atoms with Crippen LogP contribution >= 0.6 is 15.9 Å². The first-order valence-corrected chi connectivity index (χ1v) is 7.64. The summed E-state index contributed by atoms with van der Waals surface area (Å²) in [5.41, 5.74) is 9.97. The molecule has 0 saturated heterocycles. The van der Waals surface area contributed by atoms with Gasteiger partial charge in [0.25, 0.3) is 0 Å². The van der Waals surface area contributed by atoms with Crippen LogP contribution in [-0.4, -0.2) is 13.6 Å². The lowest BCUT2D eigenvalue weighted by molar-refractivity contribution is 0.645. The number of hydrogen-bond acceptors (Lipinski definition) is 2. The molecule has 0 aliphatic heterocycles. The second-order valence-corrected chi connectivity index (χ2v) is 6.12. The predicted octanol–water partition coefficient (Wildman–Crippen LogP) is 4.28. The Labute approximate surface area is 129 Å². The van der Waals surface area contributed by atoms with Crippen LogP contribution in [0.4, 0.5) is 5.69 Å². The van der Waals surface area contributed by atoms with E-state index in [1.807, 2.05) is 12.1 Å². The van der Waals surface area contributed by atoms with Gasteiger partial charge in [0.15, 0.2) is 0 Å². The molecule has 0 radical (unpaired) electrons. The minimum Gasteiger partial charge on any atom is -0.375 e. The molecule has 1 unspecified atom stereocenters. The number of aryl methyl sites for hydroxylation is 1. The first-order valence-electron chi connectivity index (χ1n) is 6.85. The predicted molar refractivity (Wildman–Crippen MR) is 90.1 cm³/mol. The van der Waals surface area contributed by atoms with Gasteiger partial charge >= 0.3 is 0 Å². The number of benzene rings is 2. The van der Waals surface area contributed by atoms with Gasteiger partial charge in [-0.2, -0.15) is 0 Å². The van der Waals surface area contributed by atoms with Crippen LogP contribution in [0.1, 0.15) is 23.6 Å². The second kappa shape index (κ2) is 6.91. The van der Waals surface area contributed by atoms with E-state index in [-0.39, 0.29) is 6.04 Å². The molecule has 0 fully saturated rings. The quantitative estimate of drug-likeness (QED) is 0.885. The topological polar surface area (TPSA) is 29.3 Å². The van der Waals surface area contributed by atoms with Gasteiger partial charge in [0.1, 0.15) is 0 Å². The van der Waals surface area contributed by atoms with Crippen molar-refractivity contribution < 1.29 is 0 Å². The second-order valence-electron chi connectivity index (χ2n) is 5.21. The van der Waals surface area contributed by atoms with E-state index in [1.165, 1.54) is 16.8 Å².